The summed E-state index contributed by atoms with van der Waals surface area (Å²) in [5, 5.41) is 9.26. The first-order valence-electron chi connectivity index (χ1n) is 4.65. The molecule has 1 heterocycles. The molecular weight excluding hydrogens is 166 g/mol. The number of rotatable bonds is 5. The maximum Gasteiger partial charge on any atom is 0.0776 e. The number of hydrogen-bond acceptors (Lipinski definition) is 2. The molecule has 0 saturated carbocycles. The summed E-state index contributed by atoms with van der Waals surface area (Å²) in [5.41, 5.74) is 0.955. The van der Waals surface area contributed by atoms with Gasteiger partial charge in [-0.1, -0.05) is 0 Å². The smallest absolute Gasteiger partial charge is 0.0776 e. The highest BCUT2D eigenvalue weighted by atomic mass is 16.5. The van der Waals surface area contributed by atoms with Gasteiger partial charge in [-0.3, -0.25) is 0 Å². The molecule has 74 valence electrons. The van der Waals surface area contributed by atoms with Crippen LogP contribution in [0.4, 0.5) is 0 Å². The highest BCUT2D eigenvalue weighted by Gasteiger charge is 2.01. The van der Waals surface area contributed by atoms with Crippen LogP contribution in [0.25, 0.3) is 0 Å². The minimum absolute atomic E-state index is 0.381. The maximum atomic E-state index is 9.26. The van der Waals surface area contributed by atoms with Gasteiger partial charge in [-0.2, -0.15) is 0 Å². The summed E-state index contributed by atoms with van der Waals surface area (Å²) in [6.07, 6.45) is 3.53. The number of aliphatic hydroxyl groups excluding tert-OH is 1. The minimum Gasteiger partial charge on any atom is -0.389 e. The lowest BCUT2D eigenvalue weighted by Crippen LogP contribution is -2.03. The summed E-state index contributed by atoms with van der Waals surface area (Å²) in [6, 6.07) is 1.93. The van der Waals surface area contributed by atoms with E-state index >= 15 is 0 Å². The number of hydrogen-bond donors (Lipinski definition) is 1. The predicted molar refractivity (Wildman–Crippen MR) is 51.6 cm³/mol. The first-order valence-corrected chi connectivity index (χ1v) is 4.65. The van der Waals surface area contributed by atoms with Gasteiger partial charge in [0, 0.05) is 25.5 Å². The van der Waals surface area contributed by atoms with E-state index in [0.717, 1.165) is 25.3 Å². The molecule has 0 aromatic carbocycles. The number of aromatic nitrogens is 1. The largest absolute Gasteiger partial charge is 0.389 e. The Morgan fingerprint density at radius 2 is 2.38 bits per heavy atom. The van der Waals surface area contributed by atoms with Crippen LogP contribution in [0, 0.1) is 0 Å². The number of nitrogens with zero attached hydrogens (tertiary/aromatic N) is 1. The molecule has 3 nitrogen and oxygen atoms in total. The van der Waals surface area contributed by atoms with Crippen LogP contribution in [0.2, 0.25) is 0 Å². The fraction of sp³-hybridized carbons (Fsp3) is 0.600. The Morgan fingerprint density at radius 1 is 1.62 bits per heavy atom. The minimum atomic E-state index is -0.381. The molecule has 0 aliphatic carbocycles. The van der Waals surface area contributed by atoms with Gasteiger partial charge in [0.15, 0.2) is 0 Å². The second-order valence-corrected chi connectivity index (χ2v) is 3.06. The van der Waals surface area contributed by atoms with Gasteiger partial charge in [-0.25, -0.2) is 0 Å². The summed E-state index contributed by atoms with van der Waals surface area (Å²) in [6.45, 7) is 6.08. The molecule has 1 N–H and O–H groups in total. The SMILES string of the molecule is CCOCCn1ccc(C(C)O)c1. The van der Waals surface area contributed by atoms with Crippen molar-refractivity contribution in [1.82, 2.24) is 4.57 Å². The molecule has 1 aromatic heterocycles. The third-order valence-corrected chi connectivity index (χ3v) is 1.95. The molecule has 1 atom stereocenters. The van der Waals surface area contributed by atoms with Gasteiger partial charge in [-0.15, -0.1) is 0 Å². The van der Waals surface area contributed by atoms with E-state index in [4.69, 9.17) is 4.74 Å². The normalized spacial score (nSPS) is 13.2. The van der Waals surface area contributed by atoms with E-state index in [2.05, 4.69) is 0 Å². The van der Waals surface area contributed by atoms with Crippen LogP contribution in [-0.4, -0.2) is 22.9 Å². The zero-order chi connectivity index (χ0) is 9.68. The Labute approximate surface area is 78.9 Å². The van der Waals surface area contributed by atoms with Crippen LogP contribution in [-0.2, 0) is 11.3 Å². The van der Waals surface area contributed by atoms with E-state index in [0.29, 0.717) is 0 Å². The lowest BCUT2D eigenvalue weighted by atomic mass is 10.2. The Hall–Kier alpha value is -0.800. The van der Waals surface area contributed by atoms with Gasteiger partial charge in [-0.05, 0) is 25.5 Å². The molecule has 3 heteroatoms. The predicted octanol–water partition coefficient (Wildman–Crippen LogP) is 1.58. The van der Waals surface area contributed by atoms with Crippen molar-refractivity contribution in [3.8, 4) is 0 Å². The average Bonchev–Trinajstić information content (AvgIpc) is 2.53. The van der Waals surface area contributed by atoms with Gasteiger partial charge in [0.25, 0.3) is 0 Å². The quantitative estimate of drug-likeness (QED) is 0.703. The summed E-state index contributed by atoms with van der Waals surface area (Å²) < 4.78 is 7.25. The van der Waals surface area contributed by atoms with Crippen molar-refractivity contribution in [1.29, 1.82) is 0 Å². The molecule has 0 saturated heterocycles. The summed E-state index contributed by atoms with van der Waals surface area (Å²) in [5.74, 6) is 0. The van der Waals surface area contributed by atoms with Gasteiger partial charge >= 0.3 is 0 Å². The van der Waals surface area contributed by atoms with Crippen molar-refractivity contribution in [3.05, 3.63) is 24.0 Å². The third kappa shape index (κ3) is 3.20. The topological polar surface area (TPSA) is 34.4 Å². The lowest BCUT2D eigenvalue weighted by Gasteiger charge is -2.03. The average molecular weight is 183 g/mol. The van der Waals surface area contributed by atoms with E-state index < -0.39 is 0 Å². The highest BCUT2D eigenvalue weighted by molar-refractivity contribution is 5.12. The van der Waals surface area contributed by atoms with Gasteiger partial charge in [0.05, 0.1) is 12.7 Å². The van der Waals surface area contributed by atoms with E-state index in [1.165, 1.54) is 0 Å². The van der Waals surface area contributed by atoms with Gasteiger partial charge in [0.1, 0.15) is 0 Å². The molecule has 1 unspecified atom stereocenters. The molecule has 1 rings (SSSR count). The molecule has 0 spiro atoms. The van der Waals surface area contributed by atoms with E-state index in [1.54, 1.807) is 6.92 Å². The zero-order valence-corrected chi connectivity index (χ0v) is 8.23. The first-order chi connectivity index (χ1) is 6.24. The second-order valence-electron chi connectivity index (χ2n) is 3.06. The van der Waals surface area contributed by atoms with Gasteiger partial charge in [0.2, 0.25) is 0 Å². The van der Waals surface area contributed by atoms with E-state index in [-0.39, 0.29) is 6.10 Å². The molecule has 0 aliphatic rings. The summed E-state index contributed by atoms with van der Waals surface area (Å²) in [4.78, 5) is 0. The molecule has 13 heavy (non-hydrogen) atoms. The molecule has 0 radical (unpaired) electrons. The Kier molecular flexibility index (Phi) is 3.99. The third-order valence-electron chi connectivity index (χ3n) is 1.95. The van der Waals surface area contributed by atoms with Crippen molar-refractivity contribution in [2.24, 2.45) is 0 Å². The molecule has 0 fully saturated rings. The molecule has 0 amide bonds. The Bertz CT molecular complexity index is 243. The van der Waals surface area contributed by atoms with Crippen molar-refractivity contribution in [2.75, 3.05) is 13.2 Å². The van der Waals surface area contributed by atoms with Gasteiger partial charge < -0.3 is 14.4 Å². The Balaban J connectivity index is 2.40. The zero-order valence-electron chi connectivity index (χ0n) is 8.23. The monoisotopic (exact) mass is 183 g/mol. The van der Waals surface area contributed by atoms with Crippen LogP contribution in [0.5, 0.6) is 0 Å². The van der Waals surface area contributed by atoms with Crippen LogP contribution >= 0.6 is 0 Å². The fourth-order valence-electron chi connectivity index (χ4n) is 1.16. The maximum absolute atomic E-state index is 9.26. The molecular formula is C10H17NO2. The first kappa shape index (κ1) is 10.3. The van der Waals surface area contributed by atoms with Crippen LogP contribution in [0.1, 0.15) is 25.5 Å². The van der Waals surface area contributed by atoms with Crippen LogP contribution < -0.4 is 0 Å². The molecule has 1 aromatic rings. The van der Waals surface area contributed by atoms with E-state index in [9.17, 15) is 5.11 Å². The van der Waals surface area contributed by atoms with Crippen molar-refractivity contribution >= 4 is 0 Å². The Morgan fingerprint density at radius 3 is 2.92 bits per heavy atom. The number of aliphatic hydroxyl groups is 1. The summed E-state index contributed by atoms with van der Waals surface area (Å²) >= 11 is 0. The fourth-order valence-corrected chi connectivity index (χ4v) is 1.16. The standard InChI is InChI=1S/C10H17NO2/c1-3-13-7-6-11-5-4-10(8-11)9(2)12/h4-5,8-9,12H,3,6-7H2,1-2H3. The lowest BCUT2D eigenvalue weighted by molar-refractivity contribution is 0.139. The number of ether oxygens (including phenoxy) is 1. The second kappa shape index (κ2) is 5.04. The van der Waals surface area contributed by atoms with Crippen molar-refractivity contribution in [3.63, 3.8) is 0 Å². The van der Waals surface area contributed by atoms with Crippen LogP contribution in [0.15, 0.2) is 18.5 Å². The highest BCUT2D eigenvalue weighted by Crippen LogP contribution is 2.11. The van der Waals surface area contributed by atoms with Crippen molar-refractivity contribution in [2.45, 2.75) is 26.5 Å². The van der Waals surface area contributed by atoms with Crippen molar-refractivity contribution < 1.29 is 9.84 Å². The molecule has 0 bridgehead atoms. The summed E-state index contributed by atoms with van der Waals surface area (Å²) in [7, 11) is 0. The molecule has 0 aliphatic heterocycles. The van der Waals surface area contributed by atoms with Crippen LogP contribution in [0.3, 0.4) is 0 Å². The van der Waals surface area contributed by atoms with E-state index in [1.807, 2.05) is 30.0 Å².